The summed E-state index contributed by atoms with van der Waals surface area (Å²) in [5.41, 5.74) is 1.32. The molecule has 0 amide bonds. The average molecular weight is 380 g/mol. The second-order valence-electron chi connectivity index (χ2n) is 5.58. The van der Waals surface area contributed by atoms with Crippen LogP contribution in [-0.2, 0) is 0 Å². The van der Waals surface area contributed by atoms with E-state index in [1.165, 1.54) is 24.3 Å². The summed E-state index contributed by atoms with van der Waals surface area (Å²) in [4.78, 5) is 0. The van der Waals surface area contributed by atoms with Crippen LogP contribution in [0.25, 0.3) is 11.0 Å². The summed E-state index contributed by atoms with van der Waals surface area (Å²) < 4.78 is 46.1. The highest BCUT2D eigenvalue weighted by atomic mass is 32.1. The highest BCUT2D eigenvalue weighted by Crippen LogP contribution is 2.25. The van der Waals surface area contributed by atoms with Gasteiger partial charge in [0.15, 0.2) is 5.11 Å². The Morgan fingerprint density at radius 1 is 1.12 bits per heavy atom. The largest absolute Gasteiger partial charge is 0.573 e. The van der Waals surface area contributed by atoms with E-state index in [2.05, 4.69) is 15.4 Å². The van der Waals surface area contributed by atoms with Crippen molar-refractivity contribution in [2.24, 2.45) is 0 Å². The number of hydrogen-bond donors (Lipinski definition) is 2. The van der Waals surface area contributed by atoms with Gasteiger partial charge in [-0.25, -0.2) is 0 Å². The molecule has 1 heterocycles. The van der Waals surface area contributed by atoms with Gasteiger partial charge < -0.3 is 19.8 Å². The van der Waals surface area contributed by atoms with E-state index in [1.807, 2.05) is 37.3 Å². The number of para-hydroxylation sites is 1. The van der Waals surface area contributed by atoms with Crippen LogP contribution in [0.3, 0.4) is 0 Å². The number of fused-ring (bicyclic) bond motifs is 1. The van der Waals surface area contributed by atoms with Crippen molar-refractivity contribution in [1.82, 2.24) is 5.32 Å². The Morgan fingerprint density at radius 3 is 2.46 bits per heavy atom. The summed E-state index contributed by atoms with van der Waals surface area (Å²) in [5, 5.41) is 7.30. The molecule has 0 aliphatic rings. The van der Waals surface area contributed by atoms with Crippen LogP contribution in [0.1, 0.15) is 18.7 Å². The van der Waals surface area contributed by atoms with Gasteiger partial charge in [0.1, 0.15) is 17.1 Å². The molecule has 136 valence electrons. The lowest BCUT2D eigenvalue weighted by Crippen LogP contribution is -2.30. The van der Waals surface area contributed by atoms with E-state index in [1.54, 1.807) is 0 Å². The smallest absolute Gasteiger partial charge is 0.459 e. The Kier molecular flexibility index (Phi) is 5.03. The van der Waals surface area contributed by atoms with Gasteiger partial charge in [-0.15, -0.1) is 13.2 Å². The first-order valence-electron chi connectivity index (χ1n) is 7.72. The molecule has 0 aliphatic heterocycles. The number of benzene rings is 2. The van der Waals surface area contributed by atoms with Crippen molar-refractivity contribution in [1.29, 1.82) is 0 Å². The summed E-state index contributed by atoms with van der Waals surface area (Å²) in [6, 6.07) is 14.7. The SMILES string of the molecule is C[C@H](NC(=S)Nc1ccc(OC(F)(F)F)cc1)c1cc2ccccc2o1. The molecule has 0 saturated heterocycles. The first-order chi connectivity index (χ1) is 12.3. The van der Waals surface area contributed by atoms with Gasteiger partial charge in [-0.3, -0.25) is 0 Å². The first kappa shape index (κ1) is 18.1. The standard InChI is InChI=1S/C18H15F3N2O2S/c1-11(16-10-12-4-2-3-5-15(12)24-16)22-17(26)23-13-6-8-14(9-7-13)25-18(19,20)21/h2-11H,1H3,(H2,22,23,26)/t11-/m0/s1. The number of anilines is 1. The van der Waals surface area contributed by atoms with Crippen LogP contribution in [0, 0.1) is 0 Å². The molecule has 0 unspecified atom stereocenters. The summed E-state index contributed by atoms with van der Waals surface area (Å²) >= 11 is 5.24. The Labute approximate surface area is 152 Å². The van der Waals surface area contributed by atoms with Crippen LogP contribution >= 0.6 is 12.2 Å². The number of hydrogen-bond acceptors (Lipinski definition) is 3. The molecule has 0 spiro atoms. The molecule has 1 atom stereocenters. The molecule has 0 saturated carbocycles. The molecule has 3 rings (SSSR count). The fourth-order valence-electron chi connectivity index (χ4n) is 2.39. The maximum atomic E-state index is 12.2. The number of ether oxygens (including phenoxy) is 1. The summed E-state index contributed by atoms with van der Waals surface area (Å²) in [6.07, 6.45) is -4.71. The fraction of sp³-hybridized carbons (Fsp3) is 0.167. The Bertz CT molecular complexity index is 874. The van der Waals surface area contributed by atoms with Crippen molar-refractivity contribution in [3.63, 3.8) is 0 Å². The van der Waals surface area contributed by atoms with Crippen molar-refractivity contribution in [3.05, 3.63) is 60.4 Å². The third-order valence-corrected chi connectivity index (χ3v) is 3.78. The van der Waals surface area contributed by atoms with E-state index in [-0.39, 0.29) is 11.8 Å². The lowest BCUT2D eigenvalue weighted by Gasteiger charge is -2.15. The van der Waals surface area contributed by atoms with Gasteiger partial charge in [0.2, 0.25) is 0 Å². The predicted octanol–water partition coefficient (Wildman–Crippen LogP) is 5.38. The molecule has 1 aromatic heterocycles. The van der Waals surface area contributed by atoms with Gasteiger partial charge in [-0.05, 0) is 55.5 Å². The molecule has 2 aromatic carbocycles. The first-order valence-corrected chi connectivity index (χ1v) is 8.13. The number of halogens is 3. The summed E-state index contributed by atoms with van der Waals surface area (Å²) in [5.74, 6) is 0.432. The zero-order valence-electron chi connectivity index (χ0n) is 13.6. The molecule has 0 aliphatic carbocycles. The Morgan fingerprint density at radius 2 is 1.81 bits per heavy atom. The van der Waals surface area contributed by atoms with E-state index in [9.17, 15) is 13.2 Å². The topological polar surface area (TPSA) is 46.4 Å². The average Bonchev–Trinajstić information content (AvgIpc) is 2.99. The summed E-state index contributed by atoms with van der Waals surface area (Å²) in [6.45, 7) is 1.89. The van der Waals surface area contributed by atoms with Crippen molar-refractivity contribution >= 4 is 34.0 Å². The second-order valence-corrected chi connectivity index (χ2v) is 5.99. The van der Waals surface area contributed by atoms with E-state index in [4.69, 9.17) is 16.6 Å². The van der Waals surface area contributed by atoms with Crippen LogP contribution in [0.5, 0.6) is 5.75 Å². The van der Waals surface area contributed by atoms with Crippen molar-refractivity contribution in [2.45, 2.75) is 19.3 Å². The molecule has 2 N–H and O–H groups in total. The maximum Gasteiger partial charge on any atom is 0.573 e. The van der Waals surface area contributed by atoms with Gasteiger partial charge in [0, 0.05) is 11.1 Å². The van der Waals surface area contributed by atoms with Gasteiger partial charge in [-0.2, -0.15) is 0 Å². The number of furan rings is 1. The van der Waals surface area contributed by atoms with Crippen molar-refractivity contribution in [3.8, 4) is 5.75 Å². The molecule has 3 aromatic rings. The molecule has 0 radical (unpaired) electrons. The Balaban J connectivity index is 1.59. The van der Waals surface area contributed by atoms with Gasteiger partial charge in [0.05, 0.1) is 6.04 Å². The minimum Gasteiger partial charge on any atom is -0.459 e. The van der Waals surface area contributed by atoms with Gasteiger partial charge in [0.25, 0.3) is 0 Å². The van der Waals surface area contributed by atoms with Crippen LogP contribution in [0.15, 0.2) is 59.0 Å². The highest BCUT2D eigenvalue weighted by Gasteiger charge is 2.30. The van der Waals surface area contributed by atoms with Crippen molar-refractivity contribution < 1.29 is 22.3 Å². The van der Waals surface area contributed by atoms with Crippen molar-refractivity contribution in [2.75, 3.05) is 5.32 Å². The summed E-state index contributed by atoms with van der Waals surface area (Å²) in [7, 11) is 0. The van der Waals surface area contributed by atoms with Crippen LogP contribution in [0.2, 0.25) is 0 Å². The number of thiocarbonyl (C=S) groups is 1. The zero-order valence-corrected chi connectivity index (χ0v) is 14.4. The van der Waals surface area contributed by atoms with Crippen LogP contribution in [-0.4, -0.2) is 11.5 Å². The Hall–Kier alpha value is -2.74. The van der Waals surface area contributed by atoms with E-state index < -0.39 is 6.36 Å². The lowest BCUT2D eigenvalue weighted by molar-refractivity contribution is -0.274. The molecule has 0 fully saturated rings. The molecule has 26 heavy (non-hydrogen) atoms. The highest BCUT2D eigenvalue weighted by molar-refractivity contribution is 7.80. The number of nitrogens with one attached hydrogen (secondary N) is 2. The minimum atomic E-state index is -4.71. The fourth-order valence-corrected chi connectivity index (χ4v) is 2.69. The third-order valence-electron chi connectivity index (χ3n) is 3.56. The minimum absolute atomic E-state index is 0.185. The third kappa shape index (κ3) is 4.66. The van der Waals surface area contributed by atoms with Gasteiger partial charge in [-0.1, -0.05) is 18.2 Å². The maximum absolute atomic E-state index is 12.2. The molecule has 0 bridgehead atoms. The number of alkyl halides is 3. The normalized spacial score (nSPS) is 12.6. The quantitative estimate of drug-likeness (QED) is 0.595. The monoisotopic (exact) mass is 380 g/mol. The number of rotatable bonds is 4. The van der Waals surface area contributed by atoms with E-state index in [0.717, 1.165) is 16.7 Å². The lowest BCUT2D eigenvalue weighted by atomic mass is 10.2. The molecule has 8 heteroatoms. The molecule has 4 nitrogen and oxygen atoms in total. The zero-order chi connectivity index (χ0) is 18.7. The van der Waals surface area contributed by atoms with E-state index in [0.29, 0.717) is 10.8 Å². The van der Waals surface area contributed by atoms with Crippen LogP contribution in [0.4, 0.5) is 18.9 Å². The second kappa shape index (κ2) is 7.25. The van der Waals surface area contributed by atoms with Crippen LogP contribution < -0.4 is 15.4 Å². The molecular weight excluding hydrogens is 365 g/mol. The van der Waals surface area contributed by atoms with Gasteiger partial charge >= 0.3 is 6.36 Å². The van der Waals surface area contributed by atoms with E-state index >= 15 is 0 Å². The predicted molar refractivity (Wildman–Crippen MR) is 97.1 cm³/mol. The molecular formula is C18H15F3N2O2S.